The Morgan fingerprint density at radius 3 is 2.77 bits per heavy atom. The summed E-state index contributed by atoms with van der Waals surface area (Å²) in [6, 6.07) is 9.75. The Bertz CT molecular complexity index is 314. The molecule has 0 radical (unpaired) electrons. The average Bonchev–Trinajstić information content (AvgIpc) is 2.15. The van der Waals surface area contributed by atoms with Gasteiger partial charge in [0.05, 0.1) is 23.9 Å². The molecule has 3 heteroatoms. The summed E-state index contributed by atoms with van der Waals surface area (Å²) in [7, 11) is 1.93. The molecule has 0 fully saturated rings. The maximum absolute atomic E-state index is 8.42. The first-order chi connectivity index (χ1) is 6.25. The molecule has 1 aromatic rings. The highest BCUT2D eigenvalue weighted by Crippen LogP contribution is 2.20. The quantitative estimate of drug-likeness (QED) is 0.710. The standard InChI is InChI=1S/C10H13N3/c1-13(8-4-7-11)10-6-3-2-5-9(10)12/h2-3,5-6H,4,8,12H2,1H3. The second-order valence-corrected chi connectivity index (χ2v) is 2.89. The van der Waals surface area contributed by atoms with E-state index in [0.717, 1.165) is 11.4 Å². The number of nitrogens with two attached hydrogens (primary N) is 1. The summed E-state index contributed by atoms with van der Waals surface area (Å²) in [5, 5.41) is 8.42. The number of hydrogen-bond acceptors (Lipinski definition) is 3. The summed E-state index contributed by atoms with van der Waals surface area (Å²) in [5.41, 5.74) is 7.51. The molecule has 2 N–H and O–H groups in total. The largest absolute Gasteiger partial charge is 0.397 e. The van der Waals surface area contributed by atoms with Crippen LogP contribution in [0.25, 0.3) is 0 Å². The first kappa shape index (κ1) is 9.40. The Balaban J connectivity index is 2.72. The van der Waals surface area contributed by atoms with Crippen LogP contribution in [-0.4, -0.2) is 13.6 Å². The number of nitriles is 1. The molecule has 0 aliphatic rings. The molecular weight excluding hydrogens is 162 g/mol. The molecule has 0 amide bonds. The second-order valence-electron chi connectivity index (χ2n) is 2.89. The Labute approximate surface area is 78.4 Å². The van der Waals surface area contributed by atoms with Crippen molar-refractivity contribution in [2.24, 2.45) is 0 Å². The Kier molecular flexibility index (Phi) is 3.15. The summed E-state index contributed by atoms with van der Waals surface area (Å²) in [6.07, 6.45) is 0.519. The molecule has 0 unspecified atom stereocenters. The lowest BCUT2D eigenvalue weighted by Crippen LogP contribution is -2.19. The molecule has 0 bridgehead atoms. The lowest BCUT2D eigenvalue weighted by molar-refractivity contribution is 0.907. The molecule has 13 heavy (non-hydrogen) atoms. The van der Waals surface area contributed by atoms with Gasteiger partial charge in [0.2, 0.25) is 0 Å². The van der Waals surface area contributed by atoms with Crippen LogP contribution >= 0.6 is 0 Å². The Morgan fingerprint density at radius 2 is 2.15 bits per heavy atom. The maximum atomic E-state index is 8.42. The minimum absolute atomic E-state index is 0.519. The van der Waals surface area contributed by atoms with Crippen molar-refractivity contribution in [1.29, 1.82) is 5.26 Å². The van der Waals surface area contributed by atoms with Crippen LogP contribution < -0.4 is 10.6 Å². The smallest absolute Gasteiger partial charge is 0.0640 e. The van der Waals surface area contributed by atoms with Gasteiger partial charge in [-0.2, -0.15) is 5.26 Å². The van der Waals surface area contributed by atoms with Gasteiger partial charge in [-0.1, -0.05) is 12.1 Å². The lowest BCUT2D eigenvalue weighted by atomic mass is 10.2. The molecular formula is C10H13N3. The van der Waals surface area contributed by atoms with Crippen LogP contribution in [0.5, 0.6) is 0 Å². The fourth-order valence-electron chi connectivity index (χ4n) is 1.17. The van der Waals surface area contributed by atoms with Crippen molar-refractivity contribution in [3.05, 3.63) is 24.3 Å². The van der Waals surface area contributed by atoms with Crippen molar-refractivity contribution < 1.29 is 0 Å². The zero-order valence-corrected chi connectivity index (χ0v) is 7.70. The number of nitrogen functional groups attached to an aromatic ring is 1. The van der Waals surface area contributed by atoms with Gasteiger partial charge >= 0.3 is 0 Å². The monoisotopic (exact) mass is 175 g/mol. The molecule has 0 saturated carbocycles. The number of hydrogen-bond donors (Lipinski definition) is 1. The molecule has 1 rings (SSSR count). The van der Waals surface area contributed by atoms with Crippen LogP contribution in [0.4, 0.5) is 11.4 Å². The third-order valence-electron chi connectivity index (χ3n) is 1.91. The fraction of sp³-hybridized carbons (Fsp3) is 0.300. The van der Waals surface area contributed by atoms with Crippen molar-refractivity contribution in [3.63, 3.8) is 0 Å². The number of para-hydroxylation sites is 2. The number of anilines is 2. The minimum Gasteiger partial charge on any atom is -0.397 e. The van der Waals surface area contributed by atoms with E-state index in [1.807, 2.05) is 36.2 Å². The fourth-order valence-corrected chi connectivity index (χ4v) is 1.17. The third-order valence-corrected chi connectivity index (χ3v) is 1.91. The first-order valence-electron chi connectivity index (χ1n) is 4.18. The second kappa shape index (κ2) is 4.36. The highest BCUT2D eigenvalue weighted by Gasteiger charge is 2.02. The van der Waals surface area contributed by atoms with Crippen LogP contribution in [0.15, 0.2) is 24.3 Å². The molecule has 0 saturated heterocycles. The van der Waals surface area contributed by atoms with Gasteiger partial charge in [0.25, 0.3) is 0 Å². The van der Waals surface area contributed by atoms with Gasteiger partial charge in [0.15, 0.2) is 0 Å². The molecule has 0 spiro atoms. The molecule has 0 aliphatic heterocycles. The number of nitrogens with zero attached hydrogens (tertiary/aromatic N) is 2. The molecule has 0 aliphatic carbocycles. The molecule has 3 nitrogen and oxygen atoms in total. The molecule has 0 heterocycles. The van der Waals surface area contributed by atoms with E-state index in [2.05, 4.69) is 6.07 Å². The SMILES string of the molecule is CN(CCC#N)c1ccccc1N. The van der Waals surface area contributed by atoms with Crippen LogP contribution in [-0.2, 0) is 0 Å². The zero-order valence-electron chi connectivity index (χ0n) is 7.70. The van der Waals surface area contributed by atoms with Gasteiger partial charge in [-0.15, -0.1) is 0 Å². The van der Waals surface area contributed by atoms with Gasteiger partial charge in [-0.25, -0.2) is 0 Å². The third kappa shape index (κ3) is 2.38. The van der Waals surface area contributed by atoms with E-state index in [4.69, 9.17) is 11.0 Å². The molecule has 68 valence electrons. The summed E-state index contributed by atoms with van der Waals surface area (Å²) in [5.74, 6) is 0. The van der Waals surface area contributed by atoms with Crippen LogP contribution in [0.2, 0.25) is 0 Å². The summed E-state index contributed by atoms with van der Waals surface area (Å²) in [6.45, 7) is 0.713. The summed E-state index contributed by atoms with van der Waals surface area (Å²) < 4.78 is 0. The van der Waals surface area contributed by atoms with E-state index in [1.54, 1.807) is 0 Å². The minimum atomic E-state index is 0.519. The van der Waals surface area contributed by atoms with E-state index in [9.17, 15) is 0 Å². The highest BCUT2D eigenvalue weighted by molar-refractivity contribution is 5.66. The molecule has 0 atom stereocenters. The van der Waals surface area contributed by atoms with Crippen molar-refractivity contribution in [3.8, 4) is 6.07 Å². The lowest BCUT2D eigenvalue weighted by Gasteiger charge is -2.19. The Hall–Kier alpha value is -1.69. The van der Waals surface area contributed by atoms with Crippen LogP contribution in [0.3, 0.4) is 0 Å². The summed E-state index contributed by atoms with van der Waals surface area (Å²) in [4.78, 5) is 1.98. The predicted octanol–water partition coefficient (Wildman–Crippen LogP) is 1.62. The topological polar surface area (TPSA) is 53.0 Å². The number of rotatable bonds is 3. The van der Waals surface area contributed by atoms with E-state index < -0.39 is 0 Å². The average molecular weight is 175 g/mol. The normalized spacial score (nSPS) is 9.23. The Morgan fingerprint density at radius 1 is 1.46 bits per heavy atom. The van der Waals surface area contributed by atoms with Crippen molar-refractivity contribution in [1.82, 2.24) is 0 Å². The van der Waals surface area contributed by atoms with Crippen molar-refractivity contribution >= 4 is 11.4 Å². The van der Waals surface area contributed by atoms with Crippen LogP contribution in [0.1, 0.15) is 6.42 Å². The van der Waals surface area contributed by atoms with Gasteiger partial charge in [-0.05, 0) is 12.1 Å². The molecule has 1 aromatic carbocycles. The van der Waals surface area contributed by atoms with Crippen molar-refractivity contribution in [2.75, 3.05) is 24.2 Å². The number of benzene rings is 1. The predicted molar refractivity (Wildman–Crippen MR) is 54.4 cm³/mol. The van der Waals surface area contributed by atoms with E-state index in [0.29, 0.717) is 13.0 Å². The molecule has 0 aromatic heterocycles. The first-order valence-corrected chi connectivity index (χ1v) is 4.18. The van der Waals surface area contributed by atoms with Crippen molar-refractivity contribution in [2.45, 2.75) is 6.42 Å². The van der Waals surface area contributed by atoms with Gasteiger partial charge in [0, 0.05) is 13.6 Å². The van der Waals surface area contributed by atoms with E-state index in [-0.39, 0.29) is 0 Å². The maximum Gasteiger partial charge on any atom is 0.0640 e. The zero-order chi connectivity index (χ0) is 9.68. The van der Waals surface area contributed by atoms with E-state index >= 15 is 0 Å². The van der Waals surface area contributed by atoms with Gasteiger partial charge < -0.3 is 10.6 Å². The van der Waals surface area contributed by atoms with Gasteiger partial charge in [-0.3, -0.25) is 0 Å². The van der Waals surface area contributed by atoms with Gasteiger partial charge in [0.1, 0.15) is 0 Å². The summed E-state index contributed by atoms with van der Waals surface area (Å²) >= 11 is 0. The van der Waals surface area contributed by atoms with E-state index in [1.165, 1.54) is 0 Å². The van der Waals surface area contributed by atoms with Crippen LogP contribution in [0, 0.1) is 11.3 Å². The highest BCUT2D eigenvalue weighted by atomic mass is 15.1.